The van der Waals surface area contributed by atoms with E-state index in [1.165, 1.54) is 0 Å². The van der Waals surface area contributed by atoms with Gasteiger partial charge in [-0.15, -0.1) is 5.10 Å². The third kappa shape index (κ3) is 6.26. The van der Waals surface area contributed by atoms with Gasteiger partial charge in [-0.2, -0.15) is 5.26 Å². The first kappa shape index (κ1) is 27.0. The summed E-state index contributed by atoms with van der Waals surface area (Å²) in [4.78, 5) is 22.1. The molecule has 198 valence electrons. The average Bonchev–Trinajstić information content (AvgIpc) is 3.23. The number of carbonyl (C=O) groups excluding carboxylic acids is 1. The summed E-state index contributed by atoms with van der Waals surface area (Å²) >= 11 is 0. The van der Waals surface area contributed by atoms with E-state index in [4.69, 9.17) is 4.99 Å². The van der Waals surface area contributed by atoms with Gasteiger partial charge in [0.1, 0.15) is 6.07 Å². The van der Waals surface area contributed by atoms with Crippen molar-refractivity contribution >= 4 is 28.7 Å². The van der Waals surface area contributed by atoms with Gasteiger partial charge in [0, 0.05) is 26.7 Å². The molecule has 0 saturated heterocycles. The fourth-order valence-electron chi connectivity index (χ4n) is 4.88. The second kappa shape index (κ2) is 11.6. The van der Waals surface area contributed by atoms with Gasteiger partial charge in [0.2, 0.25) is 5.91 Å². The number of rotatable bonds is 9. The topological polar surface area (TPSA) is 102 Å². The highest BCUT2D eigenvalue weighted by atomic mass is 16.1. The Labute approximate surface area is 224 Å². The molecule has 4 rings (SSSR count). The molecule has 0 spiro atoms. The van der Waals surface area contributed by atoms with Crippen molar-refractivity contribution in [1.29, 1.82) is 5.26 Å². The number of aliphatic imine (C=N–C) groups is 1. The van der Waals surface area contributed by atoms with Crippen LogP contribution >= 0.6 is 0 Å². The lowest BCUT2D eigenvalue weighted by Crippen LogP contribution is -2.24. The molecule has 0 unspecified atom stereocenters. The molecule has 9 nitrogen and oxygen atoms in total. The number of nitrogens with one attached hydrogen (secondary N) is 1. The molecule has 1 amide bonds. The van der Waals surface area contributed by atoms with Gasteiger partial charge in [0.05, 0.1) is 52.3 Å². The second-order valence-electron chi connectivity index (χ2n) is 10.8. The lowest BCUT2D eigenvalue weighted by molar-refractivity contribution is -0.115. The van der Waals surface area contributed by atoms with E-state index in [9.17, 15) is 10.1 Å². The number of hydrogen-bond acceptors (Lipinski definition) is 7. The van der Waals surface area contributed by atoms with Crippen LogP contribution in [-0.4, -0.2) is 58.7 Å². The van der Waals surface area contributed by atoms with E-state index in [2.05, 4.69) is 66.2 Å². The Morgan fingerprint density at radius 3 is 2.58 bits per heavy atom. The van der Waals surface area contributed by atoms with Crippen molar-refractivity contribution in [2.75, 3.05) is 37.4 Å². The van der Waals surface area contributed by atoms with Crippen LogP contribution in [0.2, 0.25) is 0 Å². The van der Waals surface area contributed by atoms with Crippen molar-refractivity contribution in [3.8, 4) is 11.8 Å². The zero-order chi connectivity index (χ0) is 27.4. The van der Waals surface area contributed by atoms with Crippen LogP contribution in [0.3, 0.4) is 0 Å². The number of nitriles is 1. The Bertz CT molecular complexity index is 1380. The molecule has 2 heterocycles. The first-order chi connectivity index (χ1) is 18.1. The van der Waals surface area contributed by atoms with E-state index < -0.39 is 0 Å². The number of carbonyl (C=O) groups is 1. The fourth-order valence-corrected chi connectivity index (χ4v) is 4.88. The van der Waals surface area contributed by atoms with E-state index in [-0.39, 0.29) is 12.3 Å². The minimum Gasteiger partial charge on any atom is -0.373 e. The molecular weight excluding hydrogens is 476 g/mol. The zero-order valence-corrected chi connectivity index (χ0v) is 23.1. The van der Waals surface area contributed by atoms with Crippen molar-refractivity contribution in [3.05, 3.63) is 59.4 Å². The van der Waals surface area contributed by atoms with Gasteiger partial charge in [0.25, 0.3) is 0 Å². The number of nitrogens with zero attached hydrogens (tertiary/aromatic N) is 7. The largest absolute Gasteiger partial charge is 0.373 e. The van der Waals surface area contributed by atoms with Gasteiger partial charge in [-0.1, -0.05) is 45.0 Å². The van der Waals surface area contributed by atoms with E-state index in [1.807, 2.05) is 42.1 Å². The molecule has 1 aliphatic rings. The number of benzene rings is 2. The highest BCUT2D eigenvalue weighted by molar-refractivity contribution is 6.17. The first-order valence-corrected chi connectivity index (χ1v) is 13.0. The lowest BCUT2D eigenvalue weighted by Gasteiger charge is -2.23. The minimum atomic E-state index is -0.170. The van der Waals surface area contributed by atoms with Crippen molar-refractivity contribution in [2.24, 2.45) is 16.8 Å². The summed E-state index contributed by atoms with van der Waals surface area (Å²) in [6.45, 7) is 11.2. The van der Waals surface area contributed by atoms with Crippen molar-refractivity contribution in [3.63, 3.8) is 0 Å². The van der Waals surface area contributed by atoms with Crippen LogP contribution < -0.4 is 10.2 Å². The van der Waals surface area contributed by atoms with Crippen molar-refractivity contribution < 1.29 is 4.79 Å². The summed E-state index contributed by atoms with van der Waals surface area (Å²) in [5, 5.41) is 21.2. The Kier molecular flexibility index (Phi) is 8.23. The third-order valence-corrected chi connectivity index (χ3v) is 6.29. The van der Waals surface area contributed by atoms with Crippen LogP contribution in [0.1, 0.15) is 50.9 Å². The van der Waals surface area contributed by atoms with Crippen LogP contribution in [0.4, 0.5) is 17.1 Å². The minimum absolute atomic E-state index is 0.124. The van der Waals surface area contributed by atoms with Gasteiger partial charge >= 0.3 is 0 Å². The predicted molar refractivity (Wildman–Crippen MR) is 151 cm³/mol. The summed E-state index contributed by atoms with van der Waals surface area (Å²) in [6, 6.07) is 13.8. The van der Waals surface area contributed by atoms with E-state index in [1.54, 1.807) is 12.3 Å². The molecule has 1 aliphatic heterocycles. The van der Waals surface area contributed by atoms with Gasteiger partial charge in [-0.3, -0.25) is 9.79 Å². The highest BCUT2D eigenvalue weighted by Crippen LogP contribution is 2.36. The van der Waals surface area contributed by atoms with Crippen LogP contribution in [0, 0.1) is 23.2 Å². The Hall–Kier alpha value is -4.03. The molecule has 1 N–H and O–H groups in total. The summed E-state index contributed by atoms with van der Waals surface area (Å²) in [5.41, 5.74) is 5.83. The normalized spacial score (nSPS) is 13.3. The van der Waals surface area contributed by atoms with Crippen molar-refractivity contribution in [2.45, 2.75) is 40.7 Å². The molecule has 0 aliphatic carbocycles. The third-order valence-electron chi connectivity index (χ3n) is 6.29. The molecule has 0 bridgehead atoms. The molecule has 0 fully saturated rings. The summed E-state index contributed by atoms with van der Waals surface area (Å²) in [6.07, 6.45) is 1.91. The molecule has 0 atom stereocenters. The van der Waals surface area contributed by atoms with Gasteiger partial charge in [-0.05, 0) is 48.7 Å². The lowest BCUT2D eigenvalue weighted by atomic mass is 10.1. The SMILES string of the molecule is CC(C)CN(C)Cc1cnnn1-c1cccc(C2=Nc3cc(N(C)CC(C)C)c(C#N)cc3NC(=O)C2)c1. The van der Waals surface area contributed by atoms with Gasteiger partial charge in [0.15, 0.2) is 0 Å². The van der Waals surface area contributed by atoms with Crippen molar-refractivity contribution in [1.82, 2.24) is 19.9 Å². The maximum absolute atomic E-state index is 12.9. The number of fused-ring (bicyclic) bond motifs is 1. The Morgan fingerprint density at radius 2 is 1.87 bits per heavy atom. The maximum atomic E-state index is 12.9. The van der Waals surface area contributed by atoms with Gasteiger partial charge in [-0.25, -0.2) is 4.68 Å². The van der Waals surface area contributed by atoms with Gasteiger partial charge < -0.3 is 15.1 Å². The molecule has 0 saturated carbocycles. The standard InChI is InChI=1S/C29H36N8O/c1-19(2)16-35(5)18-24-15-31-34-37(24)23-9-7-8-21(10-23)25-13-29(38)33-26-11-22(14-30)28(12-27(26)32-25)36(6)17-20(3)4/h7-12,15,19-20H,13,16-18H2,1-6H3,(H,33,38). The first-order valence-electron chi connectivity index (χ1n) is 13.0. The Morgan fingerprint density at radius 1 is 1.11 bits per heavy atom. The van der Waals surface area contributed by atoms with E-state index in [0.29, 0.717) is 34.5 Å². The van der Waals surface area contributed by atoms with Crippen LogP contribution in [0.5, 0.6) is 0 Å². The quantitative estimate of drug-likeness (QED) is 0.443. The zero-order valence-electron chi connectivity index (χ0n) is 23.1. The fraction of sp³-hybridized carbons (Fsp3) is 0.414. The molecular formula is C29H36N8O. The molecule has 9 heteroatoms. The number of amides is 1. The van der Waals surface area contributed by atoms with Crippen LogP contribution in [0.25, 0.3) is 5.69 Å². The summed E-state index contributed by atoms with van der Waals surface area (Å²) in [5.74, 6) is 0.820. The number of anilines is 2. The molecule has 2 aromatic carbocycles. The molecule has 0 radical (unpaired) electrons. The van der Waals surface area contributed by atoms with Crippen LogP contribution in [0.15, 0.2) is 47.6 Å². The molecule has 38 heavy (non-hydrogen) atoms. The summed E-state index contributed by atoms with van der Waals surface area (Å²) < 4.78 is 1.84. The smallest absolute Gasteiger partial charge is 0.230 e. The summed E-state index contributed by atoms with van der Waals surface area (Å²) in [7, 11) is 4.06. The Balaban J connectivity index is 1.71. The average molecular weight is 513 g/mol. The molecule has 3 aromatic rings. The monoisotopic (exact) mass is 512 g/mol. The van der Waals surface area contributed by atoms with E-state index >= 15 is 0 Å². The highest BCUT2D eigenvalue weighted by Gasteiger charge is 2.21. The second-order valence-corrected chi connectivity index (χ2v) is 10.8. The molecule has 1 aromatic heterocycles. The van der Waals surface area contributed by atoms with Crippen LogP contribution in [-0.2, 0) is 11.3 Å². The maximum Gasteiger partial charge on any atom is 0.230 e. The van der Waals surface area contributed by atoms with E-state index in [0.717, 1.165) is 42.3 Å². The predicted octanol–water partition coefficient (Wildman–Crippen LogP) is 4.78. The number of aromatic nitrogens is 3. The number of hydrogen-bond donors (Lipinski definition) is 1.